The van der Waals surface area contributed by atoms with Gasteiger partial charge in [0.1, 0.15) is 5.78 Å². The average Bonchev–Trinajstić information content (AvgIpc) is 2.39. The molecule has 98 valence electrons. The highest BCUT2D eigenvalue weighted by molar-refractivity contribution is 5.80. The Bertz CT molecular complexity index is 340. The van der Waals surface area contributed by atoms with Crippen LogP contribution in [0.4, 0.5) is 0 Å². The van der Waals surface area contributed by atoms with E-state index < -0.39 is 0 Å². The first kappa shape index (κ1) is 14.7. The van der Waals surface area contributed by atoms with E-state index in [0.717, 1.165) is 24.8 Å². The lowest BCUT2D eigenvalue weighted by molar-refractivity contribution is -0.118. The van der Waals surface area contributed by atoms with Crippen molar-refractivity contribution in [3.63, 3.8) is 0 Å². The van der Waals surface area contributed by atoms with Crippen LogP contribution in [-0.4, -0.2) is 5.78 Å². The summed E-state index contributed by atoms with van der Waals surface area (Å²) in [6.07, 6.45) is 10.4. The molecule has 18 heavy (non-hydrogen) atoms. The van der Waals surface area contributed by atoms with Crippen molar-refractivity contribution in [2.45, 2.75) is 51.4 Å². The molecule has 0 aliphatic rings. The summed E-state index contributed by atoms with van der Waals surface area (Å²) in [6.45, 7) is 3.71. The fraction of sp³-hybridized carbons (Fsp3) is 0.471. The van der Waals surface area contributed by atoms with E-state index >= 15 is 0 Å². The van der Waals surface area contributed by atoms with E-state index in [1.54, 1.807) is 0 Å². The Kier molecular flexibility index (Phi) is 7.87. The molecule has 1 aromatic carbocycles. The minimum absolute atomic E-state index is 0.368. The fourth-order valence-electron chi connectivity index (χ4n) is 2.05. The van der Waals surface area contributed by atoms with Crippen LogP contribution >= 0.6 is 0 Å². The number of carbonyl (C=O) groups is 1. The van der Waals surface area contributed by atoms with E-state index in [1.165, 1.54) is 25.7 Å². The Morgan fingerprint density at radius 1 is 1.00 bits per heavy atom. The van der Waals surface area contributed by atoms with Gasteiger partial charge in [-0.2, -0.15) is 0 Å². The van der Waals surface area contributed by atoms with Crippen molar-refractivity contribution in [3.05, 3.63) is 48.6 Å². The summed E-state index contributed by atoms with van der Waals surface area (Å²) >= 11 is 0. The largest absolute Gasteiger partial charge is 0.299 e. The van der Waals surface area contributed by atoms with Crippen molar-refractivity contribution in [1.82, 2.24) is 0 Å². The average molecular weight is 244 g/mol. The molecule has 1 heteroatoms. The molecule has 1 nitrogen and oxygen atoms in total. The van der Waals surface area contributed by atoms with Crippen molar-refractivity contribution in [3.8, 4) is 0 Å². The first-order chi connectivity index (χ1) is 8.83. The van der Waals surface area contributed by atoms with Crippen LogP contribution < -0.4 is 0 Å². The number of carbonyl (C=O) groups excluding carboxylic acids is 1. The van der Waals surface area contributed by atoms with E-state index in [1.807, 2.05) is 36.4 Å². The van der Waals surface area contributed by atoms with Crippen molar-refractivity contribution in [1.29, 1.82) is 0 Å². The van der Waals surface area contributed by atoms with Crippen molar-refractivity contribution >= 4 is 5.78 Å². The van der Waals surface area contributed by atoms with Gasteiger partial charge in [0.2, 0.25) is 0 Å². The third-order valence-corrected chi connectivity index (χ3v) is 3.11. The van der Waals surface area contributed by atoms with Crippen LogP contribution in [0.1, 0.15) is 50.5 Å². The molecule has 0 heterocycles. The summed E-state index contributed by atoms with van der Waals surface area (Å²) < 4.78 is 0. The molecule has 0 radical (unpaired) electrons. The SMILES string of the molecule is C=CCCCCCCCC(=O)Cc1ccccc1. The van der Waals surface area contributed by atoms with Crippen molar-refractivity contribution in [2.24, 2.45) is 0 Å². The zero-order valence-corrected chi connectivity index (χ0v) is 11.2. The van der Waals surface area contributed by atoms with Gasteiger partial charge in [0.05, 0.1) is 0 Å². The Labute approximate surface area is 111 Å². The van der Waals surface area contributed by atoms with Crippen LogP contribution in [0.5, 0.6) is 0 Å². The Hall–Kier alpha value is -1.37. The number of unbranched alkanes of at least 4 members (excludes halogenated alkanes) is 5. The number of hydrogen-bond acceptors (Lipinski definition) is 1. The molecule has 0 saturated carbocycles. The zero-order valence-electron chi connectivity index (χ0n) is 11.2. The number of Topliss-reactive ketones (excluding diaryl/α,β-unsaturated/α-hetero) is 1. The minimum Gasteiger partial charge on any atom is -0.299 e. The molecule has 0 unspecified atom stereocenters. The number of hydrogen-bond donors (Lipinski definition) is 0. The Balaban J connectivity index is 2.02. The van der Waals surface area contributed by atoms with Gasteiger partial charge in [-0.05, 0) is 24.8 Å². The molecule has 0 aliphatic heterocycles. The maximum Gasteiger partial charge on any atom is 0.137 e. The first-order valence-corrected chi connectivity index (χ1v) is 6.99. The summed E-state index contributed by atoms with van der Waals surface area (Å²) in [5.41, 5.74) is 1.13. The third kappa shape index (κ3) is 7.05. The van der Waals surface area contributed by atoms with Crippen LogP contribution in [0.15, 0.2) is 43.0 Å². The maximum atomic E-state index is 11.7. The molecule has 0 aromatic heterocycles. The summed E-state index contributed by atoms with van der Waals surface area (Å²) in [7, 11) is 0. The molecule has 1 aromatic rings. The normalized spacial score (nSPS) is 10.2. The minimum atomic E-state index is 0.368. The highest BCUT2D eigenvalue weighted by Gasteiger charge is 2.02. The Morgan fingerprint density at radius 2 is 1.67 bits per heavy atom. The molecule has 0 spiro atoms. The highest BCUT2D eigenvalue weighted by atomic mass is 16.1. The molecule has 0 N–H and O–H groups in total. The van der Waals surface area contributed by atoms with Gasteiger partial charge in [0.15, 0.2) is 0 Å². The molecule has 0 fully saturated rings. The van der Waals surface area contributed by atoms with Crippen LogP contribution in [0.2, 0.25) is 0 Å². The summed E-state index contributed by atoms with van der Waals surface area (Å²) in [4.78, 5) is 11.7. The smallest absolute Gasteiger partial charge is 0.137 e. The molecular weight excluding hydrogens is 220 g/mol. The van der Waals surface area contributed by atoms with E-state index in [2.05, 4.69) is 6.58 Å². The van der Waals surface area contributed by atoms with Crippen LogP contribution in [0.3, 0.4) is 0 Å². The highest BCUT2D eigenvalue weighted by Crippen LogP contribution is 2.09. The number of rotatable bonds is 10. The van der Waals surface area contributed by atoms with E-state index in [4.69, 9.17) is 0 Å². The standard InChI is InChI=1S/C17H24O/c1-2-3-4-5-6-7-11-14-17(18)15-16-12-9-8-10-13-16/h2,8-10,12-13H,1,3-7,11,14-15H2. The lowest BCUT2D eigenvalue weighted by Gasteiger charge is -2.02. The number of ketones is 1. The maximum absolute atomic E-state index is 11.7. The first-order valence-electron chi connectivity index (χ1n) is 6.99. The Morgan fingerprint density at radius 3 is 2.39 bits per heavy atom. The van der Waals surface area contributed by atoms with Gasteiger partial charge in [-0.3, -0.25) is 4.79 Å². The zero-order chi connectivity index (χ0) is 13.1. The van der Waals surface area contributed by atoms with Gasteiger partial charge in [0, 0.05) is 12.8 Å². The molecule has 1 rings (SSSR count). The van der Waals surface area contributed by atoms with Crippen LogP contribution in [0.25, 0.3) is 0 Å². The van der Waals surface area contributed by atoms with Crippen molar-refractivity contribution in [2.75, 3.05) is 0 Å². The molecule has 0 bridgehead atoms. The topological polar surface area (TPSA) is 17.1 Å². The van der Waals surface area contributed by atoms with Gasteiger partial charge in [-0.15, -0.1) is 6.58 Å². The number of allylic oxidation sites excluding steroid dienone is 1. The summed E-state index contributed by atoms with van der Waals surface area (Å²) in [5, 5.41) is 0. The molecular formula is C17H24O. The molecule has 0 aliphatic carbocycles. The summed E-state index contributed by atoms with van der Waals surface area (Å²) in [5.74, 6) is 0.368. The second-order valence-corrected chi connectivity index (χ2v) is 4.80. The number of benzene rings is 1. The van der Waals surface area contributed by atoms with Crippen LogP contribution in [0, 0.1) is 0 Å². The van der Waals surface area contributed by atoms with E-state index in [9.17, 15) is 4.79 Å². The monoisotopic (exact) mass is 244 g/mol. The summed E-state index contributed by atoms with van der Waals surface area (Å²) in [6, 6.07) is 10.0. The van der Waals surface area contributed by atoms with Gasteiger partial charge in [-0.1, -0.05) is 55.7 Å². The third-order valence-electron chi connectivity index (χ3n) is 3.11. The lowest BCUT2D eigenvalue weighted by atomic mass is 10.0. The van der Waals surface area contributed by atoms with E-state index in [0.29, 0.717) is 12.2 Å². The lowest BCUT2D eigenvalue weighted by Crippen LogP contribution is -2.02. The van der Waals surface area contributed by atoms with Gasteiger partial charge < -0.3 is 0 Å². The van der Waals surface area contributed by atoms with E-state index in [-0.39, 0.29) is 0 Å². The molecule has 0 atom stereocenters. The second kappa shape index (κ2) is 9.64. The van der Waals surface area contributed by atoms with Crippen LogP contribution in [-0.2, 0) is 11.2 Å². The molecule has 0 amide bonds. The predicted octanol–water partition coefficient (Wildman–Crippen LogP) is 4.71. The predicted molar refractivity (Wildman–Crippen MR) is 77.7 cm³/mol. The second-order valence-electron chi connectivity index (χ2n) is 4.80. The fourth-order valence-corrected chi connectivity index (χ4v) is 2.05. The van der Waals surface area contributed by atoms with Gasteiger partial charge in [0.25, 0.3) is 0 Å². The van der Waals surface area contributed by atoms with Gasteiger partial charge in [-0.25, -0.2) is 0 Å². The van der Waals surface area contributed by atoms with Crippen molar-refractivity contribution < 1.29 is 4.79 Å². The van der Waals surface area contributed by atoms with Gasteiger partial charge >= 0.3 is 0 Å². The molecule has 0 saturated heterocycles. The quantitative estimate of drug-likeness (QED) is 0.430.